The van der Waals surface area contributed by atoms with Gasteiger partial charge in [-0.15, -0.1) is 0 Å². The minimum absolute atomic E-state index is 0.583. The number of rotatable bonds is 4. The van der Waals surface area contributed by atoms with Crippen LogP contribution in [-0.4, -0.2) is 5.11 Å². The van der Waals surface area contributed by atoms with E-state index in [4.69, 9.17) is 0 Å². The van der Waals surface area contributed by atoms with Crippen molar-refractivity contribution in [3.63, 3.8) is 0 Å². The Balaban J connectivity index is 2.22. The zero-order valence-corrected chi connectivity index (χ0v) is 13.9. The first-order valence-electron chi connectivity index (χ1n) is 6.33. The van der Waals surface area contributed by atoms with Crippen molar-refractivity contribution in [1.29, 1.82) is 0 Å². The van der Waals surface area contributed by atoms with Crippen LogP contribution in [0.2, 0.25) is 0 Å². The van der Waals surface area contributed by atoms with Gasteiger partial charge in [-0.05, 0) is 67.1 Å². The smallest absolute Gasteiger partial charge is 0.104 e. The van der Waals surface area contributed by atoms with E-state index in [1.165, 1.54) is 5.56 Å². The van der Waals surface area contributed by atoms with Crippen LogP contribution in [0.25, 0.3) is 0 Å². The van der Waals surface area contributed by atoms with Crippen LogP contribution in [0.3, 0.4) is 0 Å². The third-order valence-corrected chi connectivity index (χ3v) is 4.97. The number of benzene rings is 2. The van der Waals surface area contributed by atoms with E-state index in [0.717, 1.165) is 32.9 Å². The molecule has 2 aromatic carbocycles. The second-order valence-electron chi connectivity index (χ2n) is 4.57. The summed E-state index contributed by atoms with van der Waals surface area (Å²) in [5.74, 6) is 0. The summed E-state index contributed by atoms with van der Waals surface area (Å²) in [6.07, 6.45) is 1.64. The topological polar surface area (TPSA) is 20.2 Å². The van der Waals surface area contributed by atoms with E-state index >= 15 is 0 Å². The molecule has 0 saturated carbocycles. The number of halogens is 2. The highest BCUT2D eigenvalue weighted by Crippen LogP contribution is 2.29. The van der Waals surface area contributed by atoms with Crippen molar-refractivity contribution in [2.75, 3.05) is 0 Å². The van der Waals surface area contributed by atoms with Gasteiger partial charge in [-0.1, -0.05) is 43.7 Å². The normalized spacial score (nSPS) is 12.4. The third kappa shape index (κ3) is 3.68. The van der Waals surface area contributed by atoms with Crippen LogP contribution < -0.4 is 0 Å². The van der Waals surface area contributed by atoms with Gasteiger partial charge in [0.2, 0.25) is 0 Å². The van der Waals surface area contributed by atoms with E-state index in [0.29, 0.717) is 0 Å². The summed E-state index contributed by atoms with van der Waals surface area (Å²) in [4.78, 5) is 0. The number of hydrogen-bond acceptors (Lipinski definition) is 1. The van der Waals surface area contributed by atoms with Crippen LogP contribution in [0.4, 0.5) is 0 Å². The van der Waals surface area contributed by atoms with Gasteiger partial charge in [-0.3, -0.25) is 0 Å². The van der Waals surface area contributed by atoms with Crippen LogP contribution in [0.1, 0.15) is 36.1 Å². The van der Waals surface area contributed by atoms with Gasteiger partial charge in [0.1, 0.15) is 6.10 Å². The first-order chi connectivity index (χ1) is 9.11. The summed E-state index contributed by atoms with van der Waals surface area (Å²) in [5.41, 5.74) is 3.13. The number of aliphatic hydroxyl groups excluding tert-OH is 1. The summed E-state index contributed by atoms with van der Waals surface area (Å²) in [5, 5.41) is 10.4. The maximum Gasteiger partial charge on any atom is 0.104 e. The predicted molar refractivity (Wildman–Crippen MR) is 86.3 cm³/mol. The van der Waals surface area contributed by atoms with E-state index in [1.807, 2.05) is 30.3 Å². The van der Waals surface area contributed by atoms with Crippen LogP contribution >= 0.6 is 31.9 Å². The fourth-order valence-electron chi connectivity index (χ4n) is 2.03. The second kappa shape index (κ2) is 6.69. The Kier molecular flexibility index (Phi) is 5.20. The first-order valence-corrected chi connectivity index (χ1v) is 7.92. The molecule has 0 amide bonds. The number of aliphatic hydroxyl groups is 1. The lowest BCUT2D eigenvalue weighted by molar-refractivity contribution is 0.220. The lowest BCUT2D eigenvalue weighted by Gasteiger charge is -2.13. The van der Waals surface area contributed by atoms with Gasteiger partial charge in [0, 0.05) is 8.95 Å². The van der Waals surface area contributed by atoms with Crippen molar-refractivity contribution in [3.05, 3.63) is 68.1 Å². The average Bonchev–Trinajstić information content (AvgIpc) is 2.42. The Labute approximate surface area is 130 Å². The lowest BCUT2D eigenvalue weighted by atomic mass is 9.99. The number of aryl methyl sites for hydroxylation is 1. The standard InChI is InChI=1S/C16H16Br2O/c1-2-3-11-4-6-12(7-5-11)16(19)13-8-9-14(17)15(18)10-13/h4-10,16,19H,2-3H2,1H3. The fraction of sp³-hybridized carbons (Fsp3) is 0.250. The van der Waals surface area contributed by atoms with Gasteiger partial charge in [0.15, 0.2) is 0 Å². The van der Waals surface area contributed by atoms with Crippen molar-refractivity contribution in [3.8, 4) is 0 Å². The van der Waals surface area contributed by atoms with Crippen molar-refractivity contribution in [1.82, 2.24) is 0 Å². The highest BCUT2D eigenvalue weighted by Gasteiger charge is 2.11. The Bertz CT molecular complexity index is 549. The minimum Gasteiger partial charge on any atom is -0.384 e. The Hall–Kier alpha value is -0.640. The summed E-state index contributed by atoms with van der Waals surface area (Å²) < 4.78 is 1.94. The molecule has 1 nitrogen and oxygen atoms in total. The van der Waals surface area contributed by atoms with E-state index in [1.54, 1.807) is 0 Å². The Morgan fingerprint density at radius 2 is 1.58 bits per heavy atom. The van der Waals surface area contributed by atoms with Crippen molar-refractivity contribution in [2.45, 2.75) is 25.9 Å². The molecular weight excluding hydrogens is 368 g/mol. The van der Waals surface area contributed by atoms with Gasteiger partial charge in [0.05, 0.1) is 0 Å². The molecule has 0 radical (unpaired) electrons. The average molecular weight is 384 g/mol. The number of hydrogen-bond donors (Lipinski definition) is 1. The van der Waals surface area contributed by atoms with Crippen LogP contribution in [0, 0.1) is 0 Å². The molecule has 0 aliphatic rings. The Morgan fingerprint density at radius 3 is 2.16 bits per heavy atom. The van der Waals surface area contributed by atoms with E-state index in [2.05, 4.69) is 50.9 Å². The van der Waals surface area contributed by atoms with Gasteiger partial charge < -0.3 is 5.11 Å². The zero-order chi connectivity index (χ0) is 13.8. The minimum atomic E-state index is -0.583. The van der Waals surface area contributed by atoms with Gasteiger partial charge >= 0.3 is 0 Å². The molecular formula is C16H16Br2O. The molecule has 0 spiro atoms. The van der Waals surface area contributed by atoms with Crippen LogP contribution in [-0.2, 0) is 6.42 Å². The largest absolute Gasteiger partial charge is 0.384 e. The molecule has 0 aliphatic carbocycles. The second-order valence-corrected chi connectivity index (χ2v) is 6.28. The molecule has 100 valence electrons. The highest BCUT2D eigenvalue weighted by atomic mass is 79.9. The van der Waals surface area contributed by atoms with Crippen molar-refractivity contribution in [2.24, 2.45) is 0 Å². The maximum atomic E-state index is 10.4. The van der Waals surface area contributed by atoms with Crippen LogP contribution in [0.15, 0.2) is 51.4 Å². The SMILES string of the molecule is CCCc1ccc(C(O)c2ccc(Br)c(Br)c2)cc1. The monoisotopic (exact) mass is 382 g/mol. The molecule has 1 atom stereocenters. The molecule has 0 heterocycles. The quantitative estimate of drug-likeness (QED) is 0.764. The van der Waals surface area contributed by atoms with E-state index < -0.39 is 6.10 Å². The molecule has 2 rings (SSSR count). The third-order valence-electron chi connectivity index (χ3n) is 3.09. The summed E-state index contributed by atoms with van der Waals surface area (Å²) in [6.45, 7) is 2.17. The fourth-order valence-corrected chi connectivity index (χ4v) is 2.67. The Morgan fingerprint density at radius 1 is 0.947 bits per heavy atom. The first kappa shape index (κ1) is 14.8. The summed E-state index contributed by atoms with van der Waals surface area (Å²) in [6, 6.07) is 14.0. The van der Waals surface area contributed by atoms with Gasteiger partial charge in [-0.25, -0.2) is 0 Å². The van der Waals surface area contributed by atoms with Crippen LogP contribution in [0.5, 0.6) is 0 Å². The molecule has 19 heavy (non-hydrogen) atoms. The summed E-state index contributed by atoms with van der Waals surface area (Å²) >= 11 is 6.89. The molecule has 0 aliphatic heterocycles. The molecule has 0 aromatic heterocycles. The molecule has 3 heteroatoms. The molecule has 0 fully saturated rings. The van der Waals surface area contributed by atoms with E-state index in [-0.39, 0.29) is 0 Å². The van der Waals surface area contributed by atoms with Crippen molar-refractivity contribution < 1.29 is 5.11 Å². The van der Waals surface area contributed by atoms with Gasteiger partial charge in [0.25, 0.3) is 0 Å². The molecule has 2 aromatic rings. The zero-order valence-electron chi connectivity index (χ0n) is 10.7. The highest BCUT2D eigenvalue weighted by molar-refractivity contribution is 9.13. The predicted octanol–water partition coefficient (Wildman–Crippen LogP) is 5.25. The molecule has 0 bridgehead atoms. The summed E-state index contributed by atoms with van der Waals surface area (Å²) in [7, 11) is 0. The lowest BCUT2D eigenvalue weighted by Crippen LogP contribution is -2.00. The van der Waals surface area contributed by atoms with Crippen molar-refractivity contribution >= 4 is 31.9 Å². The molecule has 0 saturated heterocycles. The molecule has 1 unspecified atom stereocenters. The molecule has 1 N–H and O–H groups in total. The van der Waals surface area contributed by atoms with Gasteiger partial charge in [-0.2, -0.15) is 0 Å². The van der Waals surface area contributed by atoms with E-state index in [9.17, 15) is 5.11 Å². The maximum absolute atomic E-state index is 10.4.